The van der Waals surface area contributed by atoms with Crippen molar-refractivity contribution < 1.29 is 0 Å². The molecule has 4 nitrogen and oxygen atoms in total. The van der Waals surface area contributed by atoms with E-state index in [2.05, 4.69) is 10.2 Å². The number of rotatable bonds is 2. The third-order valence-corrected chi connectivity index (χ3v) is 1.05. The van der Waals surface area contributed by atoms with Crippen LogP contribution < -0.4 is 11.5 Å². The predicted molar refractivity (Wildman–Crippen MR) is 43.0 cm³/mol. The molecule has 5 N–H and O–H groups in total. The smallest absolute Gasteiger partial charge is 0.119 e. The number of aromatic amines is 1. The van der Waals surface area contributed by atoms with Crippen LogP contribution in [0.25, 0.3) is 0 Å². The standard InChI is InChI=1S/C5H10N4.ClH/c6-2-1-4-3-5(7)9-8-4;/h3H,1-2,6H2,(H3,7,8,9);1H. The lowest BCUT2D eigenvalue weighted by Crippen LogP contribution is -2.02. The molecule has 1 aromatic heterocycles. The molecule has 0 radical (unpaired) electrons. The Kier molecular flexibility index (Phi) is 3.83. The zero-order valence-electron chi connectivity index (χ0n) is 5.50. The number of hydrogen-bond acceptors (Lipinski definition) is 3. The van der Waals surface area contributed by atoms with Gasteiger partial charge < -0.3 is 11.5 Å². The van der Waals surface area contributed by atoms with Crippen LogP contribution in [0.3, 0.4) is 0 Å². The molecular weight excluding hydrogens is 152 g/mol. The fourth-order valence-corrected chi connectivity index (χ4v) is 0.656. The lowest BCUT2D eigenvalue weighted by atomic mass is 10.3. The molecule has 0 bridgehead atoms. The normalized spacial score (nSPS) is 8.90. The molecule has 0 aromatic carbocycles. The molecule has 0 aliphatic carbocycles. The van der Waals surface area contributed by atoms with Gasteiger partial charge in [-0.1, -0.05) is 0 Å². The van der Waals surface area contributed by atoms with Crippen molar-refractivity contribution in [1.82, 2.24) is 10.2 Å². The molecule has 0 atom stereocenters. The van der Waals surface area contributed by atoms with E-state index >= 15 is 0 Å². The van der Waals surface area contributed by atoms with Gasteiger partial charge in [-0.2, -0.15) is 5.10 Å². The van der Waals surface area contributed by atoms with Gasteiger partial charge in [0.25, 0.3) is 0 Å². The first-order valence-corrected chi connectivity index (χ1v) is 2.83. The highest BCUT2D eigenvalue weighted by atomic mass is 35.5. The molecule has 1 rings (SSSR count). The second-order valence-corrected chi connectivity index (χ2v) is 1.85. The van der Waals surface area contributed by atoms with Crippen LogP contribution in [-0.4, -0.2) is 16.7 Å². The van der Waals surface area contributed by atoms with Crippen LogP contribution in [0.2, 0.25) is 0 Å². The number of halogens is 1. The van der Waals surface area contributed by atoms with Crippen LogP contribution in [0, 0.1) is 0 Å². The SMILES string of the molecule is Cl.NCCc1cc(N)[nH]n1. The zero-order chi connectivity index (χ0) is 6.69. The fourth-order valence-electron chi connectivity index (χ4n) is 0.656. The Morgan fingerprint density at radius 1 is 1.60 bits per heavy atom. The Morgan fingerprint density at radius 3 is 2.70 bits per heavy atom. The minimum absolute atomic E-state index is 0. The summed E-state index contributed by atoms with van der Waals surface area (Å²) < 4.78 is 0. The Balaban J connectivity index is 0.000000810. The van der Waals surface area contributed by atoms with Crippen molar-refractivity contribution in [2.24, 2.45) is 5.73 Å². The Bertz CT molecular complexity index is 186. The lowest BCUT2D eigenvalue weighted by Gasteiger charge is -1.84. The van der Waals surface area contributed by atoms with Crippen molar-refractivity contribution >= 4 is 18.2 Å². The van der Waals surface area contributed by atoms with Crippen LogP contribution in [0.5, 0.6) is 0 Å². The highest BCUT2D eigenvalue weighted by Crippen LogP contribution is 1.98. The highest BCUT2D eigenvalue weighted by molar-refractivity contribution is 5.85. The van der Waals surface area contributed by atoms with Crippen LogP contribution in [0.1, 0.15) is 5.69 Å². The van der Waals surface area contributed by atoms with E-state index in [1.807, 2.05) is 0 Å². The van der Waals surface area contributed by atoms with Gasteiger partial charge in [-0.25, -0.2) is 0 Å². The zero-order valence-corrected chi connectivity index (χ0v) is 6.32. The van der Waals surface area contributed by atoms with Gasteiger partial charge in [0.05, 0.1) is 5.69 Å². The minimum atomic E-state index is 0. The molecule has 0 unspecified atom stereocenters. The van der Waals surface area contributed by atoms with E-state index in [4.69, 9.17) is 11.5 Å². The van der Waals surface area contributed by atoms with Crippen molar-refractivity contribution in [1.29, 1.82) is 0 Å². The van der Waals surface area contributed by atoms with Gasteiger partial charge in [0.15, 0.2) is 0 Å². The summed E-state index contributed by atoms with van der Waals surface area (Å²) in [6, 6.07) is 1.78. The fraction of sp³-hybridized carbons (Fsp3) is 0.400. The molecule has 0 saturated heterocycles. The van der Waals surface area contributed by atoms with Crippen LogP contribution in [-0.2, 0) is 6.42 Å². The number of aromatic nitrogens is 2. The van der Waals surface area contributed by atoms with Crippen LogP contribution in [0.4, 0.5) is 5.82 Å². The summed E-state index contributed by atoms with van der Waals surface area (Å²) in [7, 11) is 0. The van der Waals surface area contributed by atoms with Gasteiger partial charge in [0, 0.05) is 12.5 Å². The van der Waals surface area contributed by atoms with E-state index in [1.54, 1.807) is 6.07 Å². The molecular formula is C5H11ClN4. The van der Waals surface area contributed by atoms with Gasteiger partial charge >= 0.3 is 0 Å². The summed E-state index contributed by atoms with van der Waals surface area (Å²) in [5.41, 5.74) is 11.6. The Morgan fingerprint density at radius 2 is 2.30 bits per heavy atom. The Labute approximate surface area is 65.4 Å². The van der Waals surface area contributed by atoms with Crippen molar-refractivity contribution in [3.8, 4) is 0 Å². The van der Waals surface area contributed by atoms with E-state index in [1.165, 1.54) is 0 Å². The minimum Gasteiger partial charge on any atom is -0.384 e. The van der Waals surface area contributed by atoms with Crippen LogP contribution in [0.15, 0.2) is 6.07 Å². The van der Waals surface area contributed by atoms with Crippen molar-refractivity contribution in [2.45, 2.75) is 6.42 Å². The second-order valence-electron chi connectivity index (χ2n) is 1.85. The number of nitrogens with one attached hydrogen (secondary N) is 1. The number of H-pyrrole nitrogens is 1. The van der Waals surface area contributed by atoms with E-state index < -0.39 is 0 Å². The molecule has 0 amide bonds. The van der Waals surface area contributed by atoms with Gasteiger partial charge in [-0.15, -0.1) is 12.4 Å². The quantitative estimate of drug-likeness (QED) is 0.569. The van der Waals surface area contributed by atoms with Gasteiger partial charge in [0.1, 0.15) is 5.82 Å². The van der Waals surface area contributed by atoms with Crippen molar-refractivity contribution in [2.75, 3.05) is 12.3 Å². The third kappa shape index (κ3) is 2.24. The summed E-state index contributed by atoms with van der Waals surface area (Å²) in [4.78, 5) is 0. The van der Waals surface area contributed by atoms with Gasteiger partial charge in [-0.05, 0) is 6.54 Å². The molecule has 0 fully saturated rings. The first-order chi connectivity index (χ1) is 4.33. The highest BCUT2D eigenvalue weighted by Gasteiger charge is 1.93. The number of hydrogen-bond donors (Lipinski definition) is 3. The molecule has 5 heteroatoms. The first kappa shape index (κ1) is 9.26. The van der Waals surface area contributed by atoms with E-state index in [0.717, 1.165) is 12.1 Å². The predicted octanol–water partition coefficient (Wildman–Crippen LogP) is -0.0851. The molecule has 0 aliphatic heterocycles. The molecule has 1 heterocycles. The van der Waals surface area contributed by atoms with E-state index in [0.29, 0.717) is 12.4 Å². The molecule has 1 aromatic rings. The molecule has 0 aliphatic rings. The van der Waals surface area contributed by atoms with Gasteiger partial charge in [0.2, 0.25) is 0 Å². The third-order valence-electron chi connectivity index (χ3n) is 1.05. The maximum Gasteiger partial charge on any atom is 0.119 e. The number of nitrogens with two attached hydrogens (primary N) is 2. The van der Waals surface area contributed by atoms with Crippen LogP contribution >= 0.6 is 12.4 Å². The number of nitrogens with zero attached hydrogens (tertiary/aromatic N) is 1. The van der Waals surface area contributed by atoms with Crippen molar-refractivity contribution in [3.63, 3.8) is 0 Å². The molecule has 0 spiro atoms. The molecule has 0 saturated carbocycles. The summed E-state index contributed by atoms with van der Waals surface area (Å²) in [6.07, 6.45) is 0.785. The number of anilines is 1. The van der Waals surface area contributed by atoms with Crippen molar-refractivity contribution in [3.05, 3.63) is 11.8 Å². The maximum atomic E-state index is 5.35. The average molecular weight is 163 g/mol. The maximum absolute atomic E-state index is 5.35. The summed E-state index contributed by atoms with van der Waals surface area (Å²) in [5.74, 6) is 0.596. The second kappa shape index (κ2) is 4.14. The van der Waals surface area contributed by atoms with E-state index in [9.17, 15) is 0 Å². The number of nitrogen functional groups attached to an aromatic ring is 1. The lowest BCUT2D eigenvalue weighted by molar-refractivity contribution is 0.902. The molecule has 10 heavy (non-hydrogen) atoms. The summed E-state index contributed by atoms with van der Waals surface area (Å²) in [5, 5.41) is 6.50. The van der Waals surface area contributed by atoms with E-state index in [-0.39, 0.29) is 12.4 Å². The topological polar surface area (TPSA) is 80.7 Å². The van der Waals surface area contributed by atoms with Gasteiger partial charge in [-0.3, -0.25) is 5.10 Å². The molecule has 58 valence electrons. The largest absolute Gasteiger partial charge is 0.384 e. The average Bonchev–Trinajstić information content (AvgIpc) is 2.17. The summed E-state index contributed by atoms with van der Waals surface area (Å²) >= 11 is 0. The Hall–Kier alpha value is -0.740. The monoisotopic (exact) mass is 162 g/mol. The summed E-state index contributed by atoms with van der Waals surface area (Å²) in [6.45, 7) is 0.615. The first-order valence-electron chi connectivity index (χ1n) is 2.83.